The van der Waals surface area contributed by atoms with Crippen molar-refractivity contribution in [2.75, 3.05) is 27.8 Å². The summed E-state index contributed by atoms with van der Waals surface area (Å²) >= 11 is 0. The first-order chi connectivity index (χ1) is 11.5. The number of methoxy groups -OCH3 is 2. The number of allylic oxidation sites excluding steroid dienone is 1. The zero-order chi connectivity index (χ0) is 17.3. The number of hydrogen-bond donors (Lipinski definition) is 0. The van der Waals surface area contributed by atoms with Crippen molar-refractivity contribution in [2.24, 2.45) is 0 Å². The van der Waals surface area contributed by atoms with Gasteiger partial charge in [0.05, 0.1) is 14.2 Å². The van der Waals surface area contributed by atoms with Crippen LogP contribution in [0.2, 0.25) is 0 Å². The Balaban J connectivity index is 1.98. The van der Waals surface area contributed by atoms with Crippen molar-refractivity contribution in [3.8, 4) is 11.5 Å². The molecule has 0 N–H and O–H groups in total. The molecule has 1 saturated heterocycles. The first kappa shape index (κ1) is 17.0. The Morgan fingerprint density at radius 1 is 1.25 bits per heavy atom. The molecule has 2 aliphatic rings. The van der Waals surface area contributed by atoms with Gasteiger partial charge in [-0.3, -0.25) is 4.79 Å². The van der Waals surface area contributed by atoms with E-state index in [2.05, 4.69) is 24.1 Å². The van der Waals surface area contributed by atoms with Crippen molar-refractivity contribution in [1.29, 1.82) is 0 Å². The van der Waals surface area contributed by atoms with Crippen LogP contribution in [0.5, 0.6) is 11.5 Å². The monoisotopic (exact) mass is 329 g/mol. The average Bonchev–Trinajstić information content (AvgIpc) is 2.91. The van der Waals surface area contributed by atoms with Gasteiger partial charge in [0.25, 0.3) is 0 Å². The maximum absolute atomic E-state index is 11.5. The highest BCUT2D eigenvalue weighted by atomic mass is 16.5. The number of ketones is 1. The largest absolute Gasteiger partial charge is 0.493 e. The molecule has 1 saturated carbocycles. The molecular weight excluding hydrogens is 302 g/mol. The average molecular weight is 329 g/mol. The maximum atomic E-state index is 11.5. The van der Waals surface area contributed by atoms with Crippen LogP contribution in [0.4, 0.5) is 0 Å². The van der Waals surface area contributed by atoms with Gasteiger partial charge in [-0.25, -0.2) is 0 Å². The molecule has 0 spiro atoms. The van der Waals surface area contributed by atoms with Crippen LogP contribution in [0.15, 0.2) is 29.8 Å². The summed E-state index contributed by atoms with van der Waals surface area (Å²) in [5, 5.41) is 0. The third-order valence-corrected chi connectivity index (χ3v) is 5.79. The number of nitrogens with zero attached hydrogens (tertiary/aromatic N) is 1. The van der Waals surface area contributed by atoms with E-state index in [0.29, 0.717) is 6.04 Å². The zero-order valence-electron chi connectivity index (χ0n) is 15.1. The third kappa shape index (κ3) is 2.84. The summed E-state index contributed by atoms with van der Waals surface area (Å²) in [6.07, 6.45) is 6.04. The lowest BCUT2D eigenvalue weighted by molar-refractivity contribution is -0.112. The predicted octanol–water partition coefficient (Wildman–Crippen LogP) is 3.35. The molecule has 1 aromatic carbocycles. The first-order valence-corrected chi connectivity index (χ1v) is 8.63. The number of likely N-dealkylation sites (N-methyl/N-ethyl adjacent to an activating group) is 1. The number of hydrogen-bond acceptors (Lipinski definition) is 4. The smallest absolute Gasteiger partial charge is 0.161 e. The van der Waals surface area contributed by atoms with Crippen LogP contribution in [-0.2, 0) is 10.2 Å². The lowest BCUT2D eigenvalue weighted by atomic mass is 9.65. The number of ether oxygens (including phenoxy) is 2. The minimum absolute atomic E-state index is 0.141. The van der Waals surface area contributed by atoms with Gasteiger partial charge in [-0.15, -0.1) is 0 Å². The van der Waals surface area contributed by atoms with E-state index in [-0.39, 0.29) is 11.2 Å². The molecule has 24 heavy (non-hydrogen) atoms. The van der Waals surface area contributed by atoms with Gasteiger partial charge in [0.2, 0.25) is 0 Å². The lowest BCUT2D eigenvalue weighted by Crippen LogP contribution is -2.44. The zero-order valence-corrected chi connectivity index (χ0v) is 15.1. The van der Waals surface area contributed by atoms with Crippen molar-refractivity contribution in [3.05, 3.63) is 35.4 Å². The van der Waals surface area contributed by atoms with Crippen molar-refractivity contribution in [3.63, 3.8) is 0 Å². The Morgan fingerprint density at radius 3 is 2.67 bits per heavy atom. The standard InChI is InChI=1S/C20H27NO3/c1-14(22)11-15-7-8-20(9-10-21(2)19(20)12-15)16-5-6-17(23-3)18(13-16)24-4/h5-6,11,13,19H,7-10,12H2,1-4H3/b15-11-/t19-,20-/m0/s1. The minimum Gasteiger partial charge on any atom is -0.493 e. The molecule has 4 nitrogen and oxygen atoms in total. The predicted molar refractivity (Wildman–Crippen MR) is 94.9 cm³/mol. The molecule has 0 bridgehead atoms. The van der Waals surface area contributed by atoms with Crippen molar-refractivity contribution < 1.29 is 14.3 Å². The number of likely N-dealkylation sites (tertiary alicyclic amines) is 1. The fourth-order valence-electron chi connectivity index (χ4n) is 4.54. The Labute approximate surface area is 144 Å². The molecular formula is C20H27NO3. The quantitative estimate of drug-likeness (QED) is 0.794. The van der Waals surface area contributed by atoms with Gasteiger partial charge < -0.3 is 14.4 Å². The molecule has 0 radical (unpaired) electrons. The van der Waals surface area contributed by atoms with Gasteiger partial charge in [-0.1, -0.05) is 11.6 Å². The number of carbonyl (C=O) groups is 1. The molecule has 130 valence electrons. The molecule has 2 fully saturated rings. The lowest BCUT2D eigenvalue weighted by Gasteiger charge is -2.43. The number of fused-ring (bicyclic) bond motifs is 1. The van der Waals surface area contributed by atoms with E-state index in [9.17, 15) is 4.79 Å². The SMILES string of the molecule is COc1ccc([C@@]23CC/C(=C/C(C)=O)C[C@@H]2N(C)CC3)cc1OC. The maximum Gasteiger partial charge on any atom is 0.161 e. The summed E-state index contributed by atoms with van der Waals surface area (Å²) in [6.45, 7) is 2.73. The van der Waals surface area contributed by atoms with E-state index in [4.69, 9.17) is 9.47 Å². The molecule has 0 amide bonds. The molecule has 1 aliphatic carbocycles. The normalized spacial score (nSPS) is 28.7. The summed E-state index contributed by atoms with van der Waals surface area (Å²) in [5.41, 5.74) is 2.76. The molecule has 1 heterocycles. The second kappa shape index (κ2) is 6.60. The van der Waals surface area contributed by atoms with E-state index in [1.165, 1.54) is 11.1 Å². The minimum atomic E-state index is 0.141. The molecule has 4 heteroatoms. The second-order valence-corrected chi connectivity index (χ2v) is 7.09. The summed E-state index contributed by atoms with van der Waals surface area (Å²) in [5.74, 6) is 1.72. The van der Waals surface area contributed by atoms with Crippen LogP contribution < -0.4 is 9.47 Å². The van der Waals surface area contributed by atoms with Crippen LogP contribution in [0.25, 0.3) is 0 Å². The second-order valence-electron chi connectivity index (χ2n) is 7.09. The van der Waals surface area contributed by atoms with Crippen molar-refractivity contribution >= 4 is 5.78 Å². The van der Waals surface area contributed by atoms with Crippen LogP contribution in [0.3, 0.4) is 0 Å². The molecule has 0 unspecified atom stereocenters. The van der Waals surface area contributed by atoms with Crippen LogP contribution in [0.1, 0.15) is 38.2 Å². The number of benzene rings is 1. The van der Waals surface area contributed by atoms with Crippen LogP contribution in [-0.4, -0.2) is 44.5 Å². The van der Waals surface area contributed by atoms with E-state index in [0.717, 1.165) is 43.7 Å². The van der Waals surface area contributed by atoms with Crippen molar-refractivity contribution in [1.82, 2.24) is 4.90 Å². The van der Waals surface area contributed by atoms with Gasteiger partial charge in [0.1, 0.15) is 0 Å². The highest BCUT2D eigenvalue weighted by molar-refractivity contribution is 5.88. The first-order valence-electron chi connectivity index (χ1n) is 8.63. The molecule has 0 aromatic heterocycles. The van der Waals surface area contributed by atoms with Gasteiger partial charge in [-0.05, 0) is 70.0 Å². The van der Waals surface area contributed by atoms with Crippen molar-refractivity contribution in [2.45, 2.75) is 44.1 Å². The van der Waals surface area contributed by atoms with Gasteiger partial charge in [0.15, 0.2) is 17.3 Å². The third-order valence-electron chi connectivity index (χ3n) is 5.79. The molecule has 1 aliphatic heterocycles. The topological polar surface area (TPSA) is 38.8 Å². The summed E-state index contributed by atoms with van der Waals surface area (Å²) in [4.78, 5) is 13.9. The Bertz CT molecular complexity index is 667. The van der Waals surface area contributed by atoms with Gasteiger partial charge >= 0.3 is 0 Å². The Kier molecular flexibility index (Phi) is 4.68. The Morgan fingerprint density at radius 2 is 2.00 bits per heavy atom. The Hall–Kier alpha value is -1.81. The summed E-state index contributed by atoms with van der Waals surface area (Å²) in [6, 6.07) is 6.78. The van der Waals surface area contributed by atoms with Gasteiger partial charge in [-0.2, -0.15) is 0 Å². The fraction of sp³-hybridized carbons (Fsp3) is 0.550. The number of rotatable bonds is 4. The highest BCUT2D eigenvalue weighted by Crippen LogP contribution is 2.50. The van der Waals surface area contributed by atoms with E-state index >= 15 is 0 Å². The van der Waals surface area contributed by atoms with E-state index < -0.39 is 0 Å². The fourth-order valence-corrected chi connectivity index (χ4v) is 4.54. The van der Waals surface area contributed by atoms with Gasteiger partial charge in [0, 0.05) is 11.5 Å². The summed E-state index contributed by atoms with van der Waals surface area (Å²) in [7, 11) is 5.55. The van der Waals surface area contributed by atoms with E-state index in [1.54, 1.807) is 21.1 Å². The van der Waals surface area contributed by atoms with Crippen LogP contribution in [0, 0.1) is 0 Å². The molecule has 1 aromatic rings. The van der Waals surface area contributed by atoms with Crippen LogP contribution >= 0.6 is 0 Å². The molecule has 3 rings (SSSR count). The summed E-state index contributed by atoms with van der Waals surface area (Å²) < 4.78 is 10.9. The molecule has 2 atom stereocenters. The van der Waals surface area contributed by atoms with E-state index in [1.807, 2.05) is 12.1 Å². The number of carbonyl (C=O) groups excluding carboxylic acids is 1. The highest BCUT2D eigenvalue weighted by Gasteiger charge is 2.49.